The molecule has 5 heteroatoms. The zero-order valence-electron chi connectivity index (χ0n) is 15.9. The summed E-state index contributed by atoms with van der Waals surface area (Å²) in [5.74, 6) is 2.73. The minimum Gasteiger partial charge on any atom is -0.383 e. The third-order valence-electron chi connectivity index (χ3n) is 5.66. The van der Waals surface area contributed by atoms with Crippen LogP contribution in [-0.2, 0) is 4.74 Å². The molecule has 0 unspecified atom stereocenters. The van der Waals surface area contributed by atoms with Gasteiger partial charge in [0.05, 0.1) is 6.61 Å². The summed E-state index contributed by atoms with van der Waals surface area (Å²) in [5, 5.41) is 7.00. The van der Waals surface area contributed by atoms with Gasteiger partial charge in [0.25, 0.3) is 0 Å². The van der Waals surface area contributed by atoms with E-state index in [1.165, 1.54) is 64.5 Å². The predicted molar refractivity (Wildman–Crippen MR) is 102 cm³/mol. The summed E-state index contributed by atoms with van der Waals surface area (Å²) in [6.45, 7) is 6.40. The predicted octanol–water partition coefficient (Wildman–Crippen LogP) is 2.48. The summed E-state index contributed by atoms with van der Waals surface area (Å²) in [5.41, 5.74) is 0. The maximum Gasteiger partial charge on any atom is 0.190 e. The fourth-order valence-corrected chi connectivity index (χ4v) is 3.99. The Morgan fingerprint density at radius 2 is 1.83 bits per heavy atom. The van der Waals surface area contributed by atoms with Gasteiger partial charge in [0.1, 0.15) is 0 Å². The van der Waals surface area contributed by atoms with Gasteiger partial charge in [-0.3, -0.25) is 4.99 Å². The van der Waals surface area contributed by atoms with Crippen LogP contribution in [0, 0.1) is 11.8 Å². The second-order valence-electron chi connectivity index (χ2n) is 7.45. The Bertz CT molecular complexity index is 347. The molecule has 0 atom stereocenters. The van der Waals surface area contributed by atoms with Crippen LogP contribution in [0.1, 0.15) is 51.4 Å². The number of likely N-dealkylation sites (tertiary alicyclic amines) is 1. The van der Waals surface area contributed by atoms with Gasteiger partial charge in [-0.2, -0.15) is 0 Å². The first kappa shape index (κ1) is 19.5. The van der Waals surface area contributed by atoms with Crippen molar-refractivity contribution in [2.45, 2.75) is 51.4 Å². The zero-order chi connectivity index (χ0) is 17.0. The number of nitrogens with zero attached hydrogens (tertiary/aromatic N) is 2. The van der Waals surface area contributed by atoms with Crippen molar-refractivity contribution >= 4 is 5.96 Å². The molecule has 5 nitrogen and oxygen atoms in total. The lowest BCUT2D eigenvalue weighted by Crippen LogP contribution is -2.43. The van der Waals surface area contributed by atoms with Gasteiger partial charge in [0.2, 0.25) is 0 Å². The number of nitrogens with one attached hydrogen (secondary N) is 2. The van der Waals surface area contributed by atoms with Gasteiger partial charge < -0.3 is 20.3 Å². The van der Waals surface area contributed by atoms with E-state index < -0.39 is 0 Å². The van der Waals surface area contributed by atoms with E-state index in [9.17, 15) is 0 Å². The van der Waals surface area contributed by atoms with Crippen molar-refractivity contribution in [3.8, 4) is 0 Å². The molecule has 0 radical (unpaired) electrons. The van der Waals surface area contributed by atoms with E-state index in [1.807, 2.05) is 7.05 Å². The van der Waals surface area contributed by atoms with Crippen molar-refractivity contribution in [3.05, 3.63) is 0 Å². The summed E-state index contributed by atoms with van der Waals surface area (Å²) in [4.78, 5) is 6.87. The second kappa shape index (κ2) is 11.7. The van der Waals surface area contributed by atoms with Gasteiger partial charge in [-0.05, 0) is 50.6 Å². The Kier molecular flexibility index (Phi) is 9.51. The van der Waals surface area contributed by atoms with Gasteiger partial charge >= 0.3 is 0 Å². The number of hydrogen-bond acceptors (Lipinski definition) is 3. The lowest BCUT2D eigenvalue weighted by molar-refractivity contribution is 0.121. The van der Waals surface area contributed by atoms with Crippen molar-refractivity contribution in [2.24, 2.45) is 16.8 Å². The smallest absolute Gasteiger partial charge is 0.190 e. The van der Waals surface area contributed by atoms with Gasteiger partial charge in [0.15, 0.2) is 5.96 Å². The summed E-state index contributed by atoms with van der Waals surface area (Å²) < 4.78 is 5.17. The maximum absolute atomic E-state index is 5.17. The quantitative estimate of drug-likeness (QED) is 0.385. The SMILES string of the molecule is CN=C(NCCCC1CCCC1)NCC1CCN(CCOC)CC1. The highest BCUT2D eigenvalue weighted by molar-refractivity contribution is 5.79. The Morgan fingerprint density at radius 3 is 2.50 bits per heavy atom. The number of guanidine groups is 1. The number of methoxy groups -OCH3 is 1. The Hall–Kier alpha value is -0.810. The minimum atomic E-state index is 0.765. The molecule has 1 aliphatic heterocycles. The molecule has 0 aromatic heterocycles. The molecule has 0 aromatic carbocycles. The third kappa shape index (κ3) is 7.39. The van der Waals surface area contributed by atoms with Gasteiger partial charge in [-0.25, -0.2) is 0 Å². The standard InChI is InChI=1S/C19H38N4O/c1-20-19(21-11-5-8-17-6-3-4-7-17)22-16-18-9-12-23(13-10-18)14-15-24-2/h17-18H,3-16H2,1-2H3,(H2,20,21,22). The minimum absolute atomic E-state index is 0.765. The highest BCUT2D eigenvalue weighted by atomic mass is 16.5. The zero-order valence-corrected chi connectivity index (χ0v) is 15.9. The van der Waals surface area contributed by atoms with Crippen molar-refractivity contribution < 1.29 is 4.74 Å². The van der Waals surface area contributed by atoms with Crippen LogP contribution in [0.25, 0.3) is 0 Å². The molecule has 0 amide bonds. The molecule has 1 heterocycles. The number of hydrogen-bond donors (Lipinski definition) is 2. The van der Waals surface area contributed by atoms with Crippen LogP contribution in [-0.4, -0.2) is 64.3 Å². The van der Waals surface area contributed by atoms with Gasteiger partial charge in [0, 0.05) is 33.8 Å². The van der Waals surface area contributed by atoms with E-state index in [2.05, 4.69) is 20.5 Å². The van der Waals surface area contributed by atoms with Crippen LogP contribution in [0.5, 0.6) is 0 Å². The average Bonchev–Trinajstić information content (AvgIpc) is 3.13. The Morgan fingerprint density at radius 1 is 1.08 bits per heavy atom. The van der Waals surface area contributed by atoms with Crippen LogP contribution in [0.2, 0.25) is 0 Å². The monoisotopic (exact) mass is 338 g/mol. The molecule has 24 heavy (non-hydrogen) atoms. The molecular formula is C19H38N4O. The maximum atomic E-state index is 5.17. The molecule has 140 valence electrons. The Labute approximate surface area is 148 Å². The molecular weight excluding hydrogens is 300 g/mol. The van der Waals surface area contributed by atoms with Crippen molar-refractivity contribution in [1.29, 1.82) is 0 Å². The average molecular weight is 339 g/mol. The highest BCUT2D eigenvalue weighted by Crippen LogP contribution is 2.28. The summed E-state index contributed by atoms with van der Waals surface area (Å²) in [6, 6.07) is 0. The first-order valence-corrected chi connectivity index (χ1v) is 9.97. The molecule has 2 fully saturated rings. The van der Waals surface area contributed by atoms with E-state index >= 15 is 0 Å². The van der Waals surface area contributed by atoms with Crippen LogP contribution in [0.15, 0.2) is 4.99 Å². The molecule has 2 aliphatic rings. The topological polar surface area (TPSA) is 48.9 Å². The molecule has 0 spiro atoms. The first-order valence-electron chi connectivity index (χ1n) is 9.97. The molecule has 2 rings (SSSR count). The van der Waals surface area contributed by atoms with Crippen molar-refractivity contribution in [1.82, 2.24) is 15.5 Å². The number of rotatable bonds is 9. The van der Waals surface area contributed by atoms with Gasteiger partial charge in [-0.1, -0.05) is 25.7 Å². The van der Waals surface area contributed by atoms with Crippen LogP contribution in [0.3, 0.4) is 0 Å². The largest absolute Gasteiger partial charge is 0.383 e. The lowest BCUT2D eigenvalue weighted by Gasteiger charge is -2.32. The fraction of sp³-hybridized carbons (Fsp3) is 0.947. The molecule has 1 saturated carbocycles. The third-order valence-corrected chi connectivity index (χ3v) is 5.66. The van der Waals surface area contributed by atoms with Crippen LogP contribution in [0.4, 0.5) is 0 Å². The molecule has 0 bridgehead atoms. The number of piperidine rings is 1. The van der Waals surface area contributed by atoms with Crippen LogP contribution < -0.4 is 10.6 Å². The summed E-state index contributed by atoms with van der Waals surface area (Å²) in [7, 11) is 3.66. The number of ether oxygens (including phenoxy) is 1. The summed E-state index contributed by atoms with van der Waals surface area (Å²) >= 11 is 0. The van der Waals surface area contributed by atoms with E-state index in [1.54, 1.807) is 7.11 Å². The molecule has 0 aromatic rings. The van der Waals surface area contributed by atoms with Crippen molar-refractivity contribution in [3.63, 3.8) is 0 Å². The second-order valence-corrected chi connectivity index (χ2v) is 7.45. The van der Waals surface area contributed by atoms with E-state index in [4.69, 9.17) is 4.74 Å². The van der Waals surface area contributed by atoms with Gasteiger partial charge in [-0.15, -0.1) is 0 Å². The van der Waals surface area contributed by atoms with E-state index in [0.29, 0.717) is 0 Å². The fourth-order valence-electron chi connectivity index (χ4n) is 3.99. The van der Waals surface area contributed by atoms with E-state index in [-0.39, 0.29) is 0 Å². The summed E-state index contributed by atoms with van der Waals surface area (Å²) in [6.07, 6.45) is 11.0. The van der Waals surface area contributed by atoms with Crippen LogP contribution >= 0.6 is 0 Å². The normalized spacial score (nSPS) is 21.3. The molecule has 1 saturated heterocycles. The van der Waals surface area contributed by atoms with Crippen molar-refractivity contribution in [2.75, 3.05) is 53.5 Å². The highest BCUT2D eigenvalue weighted by Gasteiger charge is 2.19. The first-order chi connectivity index (χ1) is 11.8. The van der Waals surface area contributed by atoms with E-state index in [0.717, 1.165) is 44.0 Å². The molecule has 2 N–H and O–H groups in total. The number of aliphatic imine (C=N–C) groups is 1. The molecule has 1 aliphatic carbocycles. The lowest BCUT2D eigenvalue weighted by atomic mass is 9.97. The Balaban J connectivity index is 1.51.